The van der Waals surface area contributed by atoms with Crippen LogP contribution in [0.4, 0.5) is 5.69 Å². The number of ether oxygens (including phenoxy) is 1. The number of esters is 1. The number of thioether (sulfide) groups is 1. The molecular formula is C29H37N5O5S3. The first-order chi connectivity index (χ1) is 20.2. The summed E-state index contributed by atoms with van der Waals surface area (Å²) in [5, 5.41) is 5.07. The molecule has 2 amide bonds. The Labute approximate surface area is 258 Å². The van der Waals surface area contributed by atoms with Gasteiger partial charge in [-0.1, -0.05) is 77.0 Å². The highest BCUT2D eigenvalue weighted by Crippen LogP contribution is 2.35. The van der Waals surface area contributed by atoms with Crippen molar-refractivity contribution < 1.29 is 23.9 Å². The predicted octanol–water partition coefficient (Wildman–Crippen LogP) is 3.14. The first-order valence-electron chi connectivity index (χ1n) is 13.4. The van der Waals surface area contributed by atoms with E-state index in [1.807, 2.05) is 43.5 Å². The predicted molar refractivity (Wildman–Crippen MR) is 173 cm³/mol. The number of hydrogen-bond donors (Lipinski definition) is 2. The summed E-state index contributed by atoms with van der Waals surface area (Å²) in [5.74, 6) is -1.23. The van der Waals surface area contributed by atoms with Gasteiger partial charge in [0.2, 0.25) is 11.7 Å². The number of anilines is 1. The smallest absolute Gasteiger partial charge is 0.330 e. The molecule has 3 N–H and O–H groups in total. The molecule has 42 heavy (non-hydrogen) atoms. The number of methoxy groups -OCH3 is 1. The van der Waals surface area contributed by atoms with Gasteiger partial charge in [0, 0.05) is 29.6 Å². The molecule has 226 valence electrons. The van der Waals surface area contributed by atoms with Gasteiger partial charge in [0.05, 0.1) is 24.6 Å². The molecule has 10 nitrogen and oxygen atoms in total. The number of nitrogens with two attached hydrogens (primary N) is 1. The number of para-hydroxylation sites is 1. The molecule has 0 fully saturated rings. The minimum Gasteiger partial charge on any atom is -0.467 e. The Morgan fingerprint density at radius 2 is 1.79 bits per heavy atom. The highest BCUT2D eigenvalue weighted by molar-refractivity contribution is 8.76. The van der Waals surface area contributed by atoms with Gasteiger partial charge in [-0.25, -0.2) is 19.8 Å². The fourth-order valence-electron chi connectivity index (χ4n) is 4.63. The lowest BCUT2D eigenvalue weighted by molar-refractivity contribution is -0.155. The number of aliphatic imine (C=N–C) groups is 1. The van der Waals surface area contributed by atoms with Crippen LogP contribution in [0.15, 0.2) is 59.6 Å². The Balaban J connectivity index is 2.37. The first kappa shape index (κ1) is 33.7. The molecule has 3 rings (SSSR count). The number of carbonyl (C=O) groups is 4. The Morgan fingerprint density at radius 3 is 2.38 bits per heavy atom. The molecular weight excluding hydrogens is 595 g/mol. The second-order valence-corrected chi connectivity index (χ2v) is 13.0. The van der Waals surface area contributed by atoms with Gasteiger partial charge in [-0.05, 0) is 31.5 Å². The lowest BCUT2D eigenvalue weighted by Gasteiger charge is -2.41. The van der Waals surface area contributed by atoms with Crippen molar-refractivity contribution in [1.29, 1.82) is 0 Å². The molecule has 0 bridgehead atoms. The van der Waals surface area contributed by atoms with E-state index in [0.29, 0.717) is 22.6 Å². The molecule has 0 saturated carbocycles. The van der Waals surface area contributed by atoms with Crippen molar-refractivity contribution in [2.24, 2.45) is 10.7 Å². The molecule has 0 saturated heterocycles. The minimum atomic E-state index is -2.21. The summed E-state index contributed by atoms with van der Waals surface area (Å²) in [6, 6.07) is 13.9. The lowest BCUT2D eigenvalue weighted by Crippen LogP contribution is -2.69. The SMILES string of the molecule is CCSSCC(N)C(=O)C1(NC)N=C(c2ccccc2)c2ccccc2N(N(C(C)=O)[C@@H](CCSC)C(=O)OC)C1=O. The summed E-state index contributed by atoms with van der Waals surface area (Å²) < 4.78 is 5.08. The minimum absolute atomic E-state index is 0.205. The number of likely N-dealkylation sites (N-methyl/N-ethyl adjacent to an activating group) is 1. The van der Waals surface area contributed by atoms with Crippen LogP contribution in [0.2, 0.25) is 0 Å². The summed E-state index contributed by atoms with van der Waals surface area (Å²) in [7, 11) is 5.67. The molecule has 2 aromatic rings. The van der Waals surface area contributed by atoms with Gasteiger partial charge < -0.3 is 10.5 Å². The van der Waals surface area contributed by atoms with Crippen molar-refractivity contribution in [2.75, 3.05) is 42.7 Å². The molecule has 1 aliphatic rings. The van der Waals surface area contributed by atoms with Crippen LogP contribution in [0.25, 0.3) is 0 Å². The summed E-state index contributed by atoms with van der Waals surface area (Å²) in [5.41, 5.74) is 5.98. The fraction of sp³-hybridized carbons (Fsp3) is 0.414. The van der Waals surface area contributed by atoms with E-state index in [1.54, 1.807) is 35.1 Å². The van der Waals surface area contributed by atoms with E-state index in [0.717, 1.165) is 15.8 Å². The molecule has 0 aliphatic carbocycles. The number of amides is 2. The molecule has 0 spiro atoms. The van der Waals surface area contributed by atoms with Crippen molar-refractivity contribution in [3.05, 3.63) is 65.7 Å². The molecule has 2 unspecified atom stereocenters. The number of Topliss-reactive ketones (excluding diaryl/α,β-unsaturated/α-hetero) is 1. The van der Waals surface area contributed by atoms with Crippen LogP contribution in [-0.4, -0.2) is 89.7 Å². The van der Waals surface area contributed by atoms with Crippen LogP contribution in [0.3, 0.4) is 0 Å². The van der Waals surface area contributed by atoms with Gasteiger partial charge in [-0.3, -0.25) is 19.7 Å². The van der Waals surface area contributed by atoms with Gasteiger partial charge in [0.1, 0.15) is 0 Å². The number of carbonyl (C=O) groups excluding carboxylic acids is 4. The molecule has 0 aromatic heterocycles. The summed E-state index contributed by atoms with van der Waals surface area (Å²) in [6.07, 6.45) is 2.08. The molecule has 2 aromatic carbocycles. The second kappa shape index (κ2) is 15.6. The van der Waals surface area contributed by atoms with Gasteiger partial charge in [-0.2, -0.15) is 11.8 Å². The Kier molecular flexibility index (Phi) is 12.5. The van der Waals surface area contributed by atoms with Crippen LogP contribution in [0.5, 0.6) is 0 Å². The van der Waals surface area contributed by atoms with E-state index in [-0.39, 0.29) is 17.9 Å². The number of benzodiazepines with no additional fused rings is 1. The summed E-state index contributed by atoms with van der Waals surface area (Å²) in [6.45, 7) is 3.26. The van der Waals surface area contributed by atoms with E-state index in [1.165, 1.54) is 43.6 Å². The van der Waals surface area contributed by atoms with Crippen molar-refractivity contribution in [3.63, 3.8) is 0 Å². The Morgan fingerprint density at radius 1 is 1.12 bits per heavy atom. The molecule has 13 heteroatoms. The number of ketones is 1. The normalized spacial score (nSPS) is 17.9. The van der Waals surface area contributed by atoms with E-state index >= 15 is 0 Å². The van der Waals surface area contributed by atoms with Crippen LogP contribution < -0.4 is 16.1 Å². The van der Waals surface area contributed by atoms with Gasteiger partial charge in [0.25, 0.3) is 11.6 Å². The van der Waals surface area contributed by atoms with E-state index in [2.05, 4.69) is 5.32 Å². The third-order valence-corrected chi connectivity index (χ3v) is 9.78. The zero-order chi connectivity index (χ0) is 30.9. The van der Waals surface area contributed by atoms with Crippen molar-refractivity contribution in [1.82, 2.24) is 10.3 Å². The van der Waals surface area contributed by atoms with Crippen LogP contribution >= 0.6 is 33.3 Å². The van der Waals surface area contributed by atoms with Gasteiger partial charge in [0.15, 0.2) is 6.04 Å². The maximum Gasteiger partial charge on any atom is 0.330 e. The van der Waals surface area contributed by atoms with Crippen LogP contribution in [-0.2, 0) is 23.9 Å². The number of nitrogens with one attached hydrogen (secondary N) is 1. The number of nitrogens with zero attached hydrogens (tertiary/aromatic N) is 3. The first-order valence-corrected chi connectivity index (χ1v) is 17.3. The lowest BCUT2D eigenvalue weighted by atomic mass is 9.97. The average molecular weight is 632 g/mol. The number of benzene rings is 2. The fourth-order valence-corrected chi connectivity index (χ4v) is 6.88. The third-order valence-electron chi connectivity index (χ3n) is 6.62. The highest BCUT2D eigenvalue weighted by Gasteiger charge is 2.54. The maximum atomic E-state index is 14.9. The van der Waals surface area contributed by atoms with E-state index in [9.17, 15) is 19.2 Å². The maximum absolute atomic E-state index is 14.9. The third kappa shape index (κ3) is 7.03. The topological polar surface area (TPSA) is 134 Å². The zero-order valence-electron chi connectivity index (χ0n) is 24.4. The standard InChI is InChI=1S/C29H37N5O5S3/c1-6-41-42-18-22(30)26(36)29(31-3)28(38)34(33(19(2)35)24(16-17-40-5)27(37)39-4)23-15-11-10-14-21(23)25(32-29)20-12-8-7-9-13-20/h7-15,22,24,31H,6,16-18,30H2,1-5H3/t22?,24-,29?/m0/s1. The van der Waals surface area contributed by atoms with Crippen LogP contribution in [0, 0.1) is 0 Å². The summed E-state index contributed by atoms with van der Waals surface area (Å²) in [4.78, 5) is 60.5. The summed E-state index contributed by atoms with van der Waals surface area (Å²) >= 11 is 1.49. The van der Waals surface area contributed by atoms with Gasteiger partial charge in [-0.15, -0.1) is 0 Å². The Hall–Kier alpha value is -2.84. The molecule has 1 heterocycles. The largest absolute Gasteiger partial charge is 0.467 e. The molecule has 0 radical (unpaired) electrons. The van der Waals surface area contributed by atoms with Crippen molar-refractivity contribution in [3.8, 4) is 0 Å². The second-order valence-electron chi connectivity index (χ2n) is 9.27. The van der Waals surface area contributed by atoms with Crippen molar-refractivity contribution >= 4 is 68.3 Å². The number of hydrazine groups is 1. The quantitative estimate of drug-likeness (QED) is 0.139. The number of hydrogen-bond acceptors (Lipinski definition) is 11. The number of rotatable bonds is 14. The molecule has 3 atom stereocenters. The van der Waals surface area contributed by atoms with E-state index < -0.39 is 41.3 Å². The van der Waals surface area contributed by atoms with Gasteiger partial charge >= 0.3 is 5.97 Å². The Bertz CT molecular complexity index is 1310. The highest BCUT2D eigenvalue weighted by atomic mass is 33.1. The van der Waals surface area contributed by atoms with Crippen LogP contribution in [0.1, 0.15) is 31.4 Å². The molecule has 1 aliphatic heterocycles. The zero-order valence-corrected chi connectivity index (χ0v) is 26.8. The van der Waals surface area contributed by atoms with E-state index in [4.69, 9.17) is 15.5 Å². The average Bonchev–Trinajstić information content (AvgIpc) is 3.11. The van der Waals surface area contributed by atoms with Crippen molar-refractivity contribution in [2.45, 2.75) is 38.0 Å². The monoisotopic (exact) mass is 631 g/mol. The number of fused-ring (bicyclic) bond motifs is 1.